The van der Waals surface area contributed by atoms with Gasteiger partial charge in [-0.3, -0.25) is 0 Å². The lowest BCUT2D eigenvalue weighted by Gasteiger charge is -2.28. The van der Waals surface area contributed by atoms with Crippen LogP contribution in [0.25, 0.3) is 0 Å². The lowest BCUT2D eigenvalue weighted by Crippen LogP contribution is -2.34. The molecule has 0 radical (unpaired) electrons. The third-order valence-electron chi connectivity index (χ3n) is 3.43. The number of aryl methyl sites for hydroxylation is 2. The van der Waals surface area contributed by atoms with Crippen molar-refractivity contribution in [3.63, 3.8) is 0 Å². The Balaban J connectivity index is 2.05. The van der Waals surface area contributed by atoms with Crippen LogP contribution in [0.2, 0.25) is 0 Å². The highest BCUT2D eigenvalue weighted by Crippen LogP contribution is 2.25. The van der Waals surface area contributed by atoms with Crippen LogP contribution in [-0.4, -0.2) is 17.3 Å². The smallest absolute Gasteiger partial charge is 0.124 e. The Labute approximate surface area is 97.3 Å². The number of hydrogen-bond acceptors (Lipinski definition) is 2. The van der Waals surface area contributed by atoms with E-state index < -0.39 is 0 Å². The maximum Gasteiger partial charge on any atom is 0.124 e. The largest absolute Gasteiger partial charge is 0.488 e. The first-order valence-electron chi connectivity index (χ1n) is 6.09. The average molecular weight is 220 g/mol. The Morgan fingerprint density at radius 2 is 1.88 bits per heavy atom. The standard InChI is InChI=1S/C14H20O2/c1-10-7-8-12(9-11(10)2)16-14-6-4-3-5-13(14)15/h7-9,13-15H,3-6H2,1-2H3/t13-,14-/m1/s1. The zero-order valence-electron chi connectivity index (χ0n) is 10.1. The van der Waals surface area contributed by atoms with Gasteiger partial charge in [-0.1, -0.05) is 12.5 Å². The summed E-state index contributed by atoms with van der Waals surface area (Å²) < 4.78 is 5.85. The first kappa shape index (κ1) is 11.5. The molecule has 2 rings (SSSR count). The second-order valence-electron chi connectivity index (χ2n) is 4.75. The molecule has 1 fully saturated rings. The lowest BCUT2D eigenvalue weighted by atomic mass is 9.95. The van der Waals surface area contributed by atoms with Crippen molar-refractivity contribution in [1.82, 2.24) is 0 Å². The molecule has 88 valence electrons. The lowest BCUT2D eigenvalue weighted by molar-refractivity contribution is 0.00684. The highest BCUT2D eigenvalue weighted by Gasteiger charge is 2.24. The van der Waals surface area contributed by atoms with Crippen LogP contribution in [0.5, 0.6) is 5.75 Å². The van der Waals surface area contributed by atoms with E-state index in [1.54, 1.807) is 0 Å². The molecule has 16 heavy (non-hydrogen) atoms. The molecular weight excluding hydrogens is 200 g/mol. The number of aliphatic hydroxyl groups is 1. The zero-order valence-corrected chi connectivity index (χ0v) is 10.1. The van der Waals surface area contributed by atoms with Gasteiger partial charge in [0.05, 0.1) is 6.10 Å². The molecule has 0 aromatic heterocycles. The molecule has 0 bridgehead atoms. The van der Waals surface area contributed by atoms with Crippen molar-refractivity contribution in [2.45, 2.75) is 51.7 Å². The van der Waals surface area contributed by atoms with Crippen molar-refractivity contribution in [2.24, 2.45) is 0 Å². The van der Waals surface area contributed by atoms with Crippen molar-refractivity contribution in [3.05, 3.63) is 29.3 Å². The summed E-state index contributed by atoms with van der Waals surface area (Å²) >= 11 is 0. The van der Waals surface area contributed by atoms with Crippen molar-refractivity contribution >= 4 is 0 Å². The topological polar surface area (TPSA) is 29.5 Å². The molecule has 0 heterocycles. The van der Waals surface area contributed by atoms with E-state index in [1.807, 2.05) is 6.07 Å². The van der Waals surface area contributed by atoms with Gasteiger partial charge in [0.1, 0.15) is 11.9 Å². The summed E-state index contributed by atoms with van der Waals surface area (Å²) in [5.41, 5.74) is 2.51. The van der Waals surface area contributed by atoms with Gasteiger partial charge in [-0.2, -0.15) is 0 Å². The summed E-state index contributed by atoms with van der Waals surface area (Å²) in [6.07, 6.45) is 3.80. The second kappa shape index (κ2) is 4.88. The summed E-state index contributed by atoms with van der Waals surface area (Å²) in [4.78, 5) is 0. The molecule has 0 spiro atoms. The first-order chi connectivity index (χ1) is 7.66. The monoisotopic (exact) mass is 220 g/mol. The van der Waals surface area contributed by atoms with Gasteiger partial charge in [-0.15, -0.1) is 0 Å². The van der Waals surface area contributed by atoms with Crippen LogP contribution in [-0.2, 0) is 0 Å². The molecule has 0 aliphatic heterocycles. The van der Waals surface area contributed by atoms with E-state index >= 15 is 0 Å². The molecule has 1 saturated carbocycles. The van der Waals surface area contributed by atoms with Gasteiger partial charge in [0.25, 0.3) is 0 Å². The molecule has 2 nitrogen and oxygen atoms in total. The van der Waals surface area contributed by atoms with E-state index in [0.717, 1.165) is 31.4 Å². The quantitative estimate of drug-likeness (QED) is 0.830. The van der Waals surface area contributed by atoms with Gasteiger partial charge in [0.15, 0.2) is 0 Å². The molecule has 0 unspecified atom stereocenters. The average Bonchev–Trinajstić information content (AvgIpc) is 2.27. The van der Waals surface area contributed by atoms with Crippen molar-refractivity contribution in [2.75, 3.05) is 0 Å². The van der Waals surface area contributed by atoms with Crippen LogP contribution in [0.3, 0.4) is 0 Å². The minimum Gasteiger partial charge on any atom is -0.488 e. The highest BCUT2D eigenvalue weighted by atomic mass is 16.5. The second-order valence-corrected chi connectivity index (χ2v) is 4.75. The highest BCUT2D eigenvalue weighted by molar-refractivity contribution is 5.34. The normalized spacial score (nSPS) is 25.4. The molecule has 2 heteroatoms. The molecule has 0 amide bonds. The fraction of sp³-hybridized carbons (Fsp3) is 0.571. The Bertz CT molecular complexity index is 360. The maximum absolute atomic E-state index is 9.83. The van der Waals surface area contributed by atoms with E-state index in [2.05, 4.69) is 26.0 Å². The van der Waals surface area contributed by atoms with Crippen molar-refractivity contribution in [1.29, 1.82) is 0 Å². The summed E-state index contributed by atoms with van der Waals surface area (Å²) in [5.74, 6) is 0.883. The Hall–Kier alpha value is -1.02. The Morgan fingerprint density at radius 1 is 1.12 bits per heavy atom. The fourth-order valence-corrected chi connectivity index (χ4v) is 2.18. The third kappa shape index (κ3) is 2.56. The summed E-state index contributed by atoms with van der Waals surface area (Å²) in [6, 6.07) is 6.11. The van der Waals surface area contributed by atoms with Crippen LogP contribution < -0.4 is 4.74 Å². The van der Waals surface area contributed by atoms with Gasteiger partial charge >= 0.3 is 0 Å². The van der Waals surface area contributed by atoms with E-state index in [4.69, 9.17) is 4.74 Å². The van der Waals surface area contributed by atoms with E-state index in [9.17, 15) is 5.11 Å². The number of rotatable bonds is 2. The van der Waals surface area contributed by atoms with E-state index in [0.29, 0.717) is 0 Å². The molecule has 1 N–H and O–H groups in total. The van der Waals surface area contributed by atoms with Gasteiger partial charge in [0, 0.05) is 0 Å². The molecule has 2 atom stereocenters. The SMILES string of the molecule is Cc1ccc(O[C@@H]2CCCC[C@H]2O)cc1C. The minimum absolute atomic E-state index is 0.0177. The molecule has 1 aromatic rings. The number of ether oxygens (including phenoxy) is 1. The van der Waals surface area contributed by atoms with Crippen LogP contribution >= 0.6 is 0 Å². The van der Waals surface area contributed by atoms with Crippen molar-refractivity contribution < 1.29 is 9.84 Å². The van der Waals surface area contributed by atoms with E-state index in [1.165, 1.54) is 11.1 Å². The maximum atomic E-state index is 9.83. The molecule has 1 aliphatic carbocycles. The van der Waals surface area contributed by atoms with Crippen molar-refractivity contribution in [3.8, 4) is 5.75 Å². The number of benzene rings is 1. The summed E-state index contributed by atoms with van der Waals surface area (Å²) in [5, 5.41) is 9.83. The molecule has 0 saturated heterocycles. The number of aliphatic hydroxyl groups excluding tert-OH is 1. The Kier molecular flexibility index (Phi) is 3.49. The van der Waals surface area contributed by atoms with Gasteiger partial charge in [-0.05, 0) is 56.4 Å². The predicted molar refractivity (Wildman–Crippen MR) is 64.8 cm³/mol. The minimum atomic E-state index is -0.296. The van der Waals surface area contributed by atoms with Gasteiger partial charge in [0.2, 0.25) is 0 Å². The zero-order chi connectivity index (χ0) is 11.5. The van der Waals surface area contributed by atoms with Gasteiger partial charge in [-0.25, -0.2) is 0 Å². The molecule has 1 aromatic carbocycles. The third-order valence-corrected chi connectivity index (χ3v) is 3.43. The van der Waals surface area contributed by atoms with Gasteiger partial charge < -0.3 is 9.84 Å². The first-order valence-corrected chi connectivity index (χ1v) is 6.09. The van der Waals surface area contributed by atoms with Crippen LogP contribution in [0.1, 0.15) is 36.8 Å². The number of hydrogen-bond donors (Lipinski definition) is 1. The summed E-state index contributed by atoms with van der Waals surface area (Å²) in [6.45, 7) is 4.17. The molecule has 1 aliphatic rings. The fourth-order valence-electron chi connectivity index (χ4n) is 2.18. The van der Waals surface area contributed by atoms with Crippen LogP contribution in [0.4, 0.5) is 0 Å². The van der Waals surface area contributed by atoms with Crippen LogP contribution in [0, 0.1) is 13.8 Å². The predicted octanol–water partition coefficient (Wildman–Crippen LogP) is 2.99. The Morgan fingerprint density at radius 3 is 2.56 bits per heavy atom. The van der Waals surface area contributed by atoms with Crippen LogP contribution in [0.15, 0.2) is 18.2 Å². The molecular formula is C14H20O2. The summed E-state index contributed by atoms with van der Waals surface area (Å²) in [7, 11) is 0. The van der Waals surface area contributed by atoms with E-state index in [-0.39, 0.29) is 12.2 Å².